The number of rotatable bonds is 5. The van der Waals surface area contributed by atoms with Gasteiger partial charge in [0.25, 0.3) is 0 Å². The molecule has 3 aromatic heterocycles. The summed E-state index contributed by atoms with van der Waals surface area (Å²) < 4.78 is 3.82. The predicted molar refractivity (Wildman–Crippen MR) is 74.5 cm³/mol. The van der Waals surface area contributed by atoms with E-state index in [0.717, 1.165) is 29.6 Å². The Bertz CT molecular complexity index is 651. The molecule has 0 radical (unpaired) electrons. The van der Waals surface area contributed by atoms with E-state index in [0.29, 0.717) is 5.92 Å². The second kappa shape index (κ2) is 5.10. The summed E-state index contributed by atoms with van der Waals surface area (Å²) in [5.74, 6) is 1.47. The second-order valence-electron chi connectivity index (χ2n) is 4.80. The lowest BCUT2D eigenvalue weighted by molar-refractivity contribution is 0.545. The topological polar surface area (TPSA) is 60.0 Å². The van der Waals surface area contributed by atoms with Crippen molar-refractivity contribution < 1.29 is 0 Å². The Hall–Kier alpha value is -1.73. The van der Waals surface area contributed by atoms with Crippen molar-refractivity contribution in [2.45, 2.75) is 20.4 Å². The largest absolute Gasteiger partial charge is 0.311 e. The number of nitrogens with zero attached hydrogens (tertiary/aromatic N) is 5. The van der Waals surface area contributed by atoms with Crippen molar-refractivity contribution in [3.05, 3.63) is 29.9 Å². The van der Waals surface area contributed by atoms with E-state index < -0.39 is 0 Å². The third-order valence-electron chi connectivity index (χ3n) is 2.82. The molecular weight excluding hydrogens is 260 g/mol. The first-order valence-electron chi connectivity index (χ1n) is 6.26. The molecule has 0 saturated carbocycles. The second-order valence-corrected chi connectivity index (χ2v) is 5.68. The number of fused-ring (bicyclic) bond motifs is 1. The Morgan fingerprint density at radius 1 is 1.42 bits per heavy atom. The minimum Gasteiger partial charge on any atom is -0.311 e. The molecule has 6 nitrogen and oxygen atoms in total. The fourth-order valence-corrected chi connectivity index (χ4v) is 2.69. The summed E-state index contributed by atoms with van der Waals surface area (Å²) in [6, 6.07) is 0. The Kier molecular flexibility index (Phi) is 3.31. The van der Waals surface area contributed by atoms with E-state index >= 15 is 0 Å². The number of imidazole rings is 1. The van der Waals surface area contributed by atoms with Crippen LogP contribution in [-0.2, 0) is 6.54 Å². The van der Waals surface area contributed by atoms with Gasteiger partial charge >= 0.3 is 0 Å². The molecule has 0 aliphatic carbocycles. The molecule has 3 rings (SSSR count). The summed E-state index contributed by atoms with van der Waals surface area (Å²) >= 11 is 1.62. The summed E-state index contributed by atoms with van der Waals surface area (Å²) in [6.07, 6.45) is 5.25. The summed E-state index contributed by atoms with van der Waals surface area (Å²) in [7, 11) is 0. The number of aromatic nitrogens is 5. The number of hydrogen-bond donors (Lipinski definition) is 1. The van der Waals surface area contributed by atoms with Gasteiger partial charge in [-0.2, -0.15) is 10.1 Å². The summed E-state index contributed by atoms with van der Waals surface area (Å²) in [6.45, 7) is 6.14. The first-order chi connectivity index (χ1) is 9.25. The molecule has 0 unspecified atom stereocenters. The third kappa shape index (κ3) is 2.39. The van der Waals surface area contributed by atoms with Crippen LogP contribution in [0.1, 0.15) is 19.5 Å². The van der Waals surface area contributed by atoms with Crippen molar-refractivity contribution in [3.8, 4) is 5.82 Å². The lowest BCUT2D eigenvalue weighted by Crippen LogP contribution is -2.20. The van der Waals surface area contributed by atoms with Crippen LogP contribution in [0.15, 0.2) is 24.2 Å². The fourth-order valence-electron chi connectivity index (χ4n) is 1.97. The van der Waals surface area contributed by atoms with E-state index in [9.17, 15) is 0 Å². The highest BCUT2D eigenvalue weighted by Gasteiger charge is 2.14. The maximum atomic E-state index is 4.61. The molecular formula is C12H16N6S. The molecule has 0 bridgehead atoms. The normalized spacial score (nSPS) is 11.7. The Morgan fingerprint density at radius 3 is 3.05 bits per heavy atom. The van der Waals surface area contributed by atoms with E-state index in [1.54, 1.807) is 22.3 Å². The van der Waals surface area contributed by atoms with E-state index in [4.69, 9.17) is 0 Å². The van der Waals surface area contributed by atoms with E-state index in [1.165, 1.54) is 6.33 Å². The summed E-state index contributed by atoms with van der Waals surface area (Å²) in [4.78, 5) is 9.58. The SMILES string of the molecule is CC(C)CNCc1c(-n2cncn2)nc2sccn12. The van der Waals surface area contributed by atoms with Gasteiger partial charge in [-0.25, -0.2) is 9.67 Å². The lowest BCUT2D eigenvalue weighted by atomic mass is 10.2. The van der Waals surface area contributed by atoms with Crippen LogP contribution in [0.4, 0.5) is 0 Å². The molecule has 7 heteroatoms. The number of hydrogen-bond acceptors (Lipinski definition) is 5. The van der Waals surface area contributed by atoms with Gasteiger partial charge in [0.05, 0.1) is 5.69 Å². The molecule has 0 fully saturated rings. The van der Waals surface area contributed by atoms with Crippen molar-refractivity contribution >= 4 is 16.3 Å². The molecule has 1 N–H and O–H groups in total. The fraction of sp³-hybridized carbons (Fsp3) is 0.417. The molecule has 0 spiro atoms. The monoisotopic (exact) mass is 276 g/mol. The van der Waals surface area contributed by atoms with Gasteiger partial charge in [-0.1, -0.05) is 13.8 Å². The zero-order valence-corrected chi connectivity index (χ0v) is 11.8. The van der Waals surface area contributed by atoms with E-state index in [2.05, 4.69) is 38.6 Å². The van der Waals surface area contributed by atoms with Crippen LogP contribution < -0.4 is 5.32 Å². The van der Waals surface area contributed by atoms with Crippen LogP contribution in [-0.4, -0.2) is 30.7 Å². The van der Waals surface area contributed by atoms with Crippen LogP contribution >= 0.6 is 11.3 Å². The quantitative estimate of drug-likeness (QED) is 0.771. The summed E-state index contributed by atoms with van der Waals surface area (Å²) in [5.41, 5.74) is 1.11. The Balaban J connectivity index is 1.94. The molecule has 100 valence electrons. The van der Waals surface area contributed by atoms with Gasteiger partial charge in [0.1, 0.15) is 12.7 Å². The van der Waals surface area contributed by atoms with Crippen LogP contribution in [0.25, 0.3) is 10.8 Å². The predicted octanol–water partition coefficient (Wildman–Crippen LogP) is 1.72. The average Bonchev–Trinajstić information content (AvgIpc) is 3.03. The highest BCUT2D eigenvalue weighted by Crippen LogP contribution is 2.19. The van der Waals surface area contributed by atoms with E-state index in [-0.39, 0.29) is 0 Å². The number of nitrogens with one attached hydrogen (secondary N) is 1. The molecule has 0 atom stereocenters. The van der Waals surface area contributed by atoms with Crippen molar-refractivity contribution in [1.82, 2.24) is 29.5 Å². The molecule has 0 amide bonds. The molecule has 0 aliphatic heterocycles. The minimum atomic E-state index is 0.626. The zero-order valence-electron chi connectivity index (χ0n) is 10.9. The standard InChI is InChI=1S/C12H16N6S/c1-9(2)5-13-6-10-11(18-8-14-7-15-18)16-12-17(10)3-4-19-12/h3-4,7-9,13H,5-6H2,1-2H3. The first kappa shape index (κ1) is 12.3. The van der Waals surface area contributed by atoms with Gasteiger partial charge in [0.15, 0.2) is 10.8 Å². The van der Waals surface area contributed by atoms with E-state index in [1.807, 2.05) is 11.6 Å². The maximum absolute atomic E-state index is 4.61. The van der Waals surface area contributed by atoms with Gasteiger partial charge in [-0.15, -0.1) is 11.3 Å². The van der Waals surface area contributed by atoms with Gasteiger partial charge < -0.3 is 5.32 Å². The molecule has 0 saturated heterocycles. The van der Waals surface area contributed by atoms with Crippen LogP contribution in [0.2, 0.25) is 0 Å². The van der Waals surface area contributed by atoms with Crippen LogP contribution in [0, 0.1) is 5.92 Å². The van der Waals surface area contributed by atoms with Crippen LogP contribution in [0.3, 0.4) is 0 Å². The number of thiazole rings is 1. The highest BCUT2D eigenvalue weighted by atomic mass is 32.1. The molecule has 3 heterocycles. The summed E-state index contributed by atoms with van der Waals surface area (Å²) in [5, 5.41) is 9.67. The molecule has 3 aromatic rings. The zero-order chi connectivity index (χ0) is 13.2. The highest BCUT2D eigenvalue weighted by molar-refractivity contribution is 7.15. The molecule has 0 aliphatic rings. The van der Waals surface area contributed by atoms with Gasteiger partial charge in [-0.05, 0) is 12.5 Å². The molecule has 0 aromatic carbocycles. The average molecular weight is 276 g/mol. The first-order valence-corrected chi connectivity index (χ1v) is 7.14. The van der Waals surface area contributed by atoms with Crippen molar-refractivity contribution in [2.24, 2.45) is 5.92 Å². The Morgan fingerprint density at radius 2 is 2.32 bits per heavy atom. The van der Waals surface area contributed by atoms with Crippen molar-refractivity contribution in [3.63, 3.8) is 0 Å². The van der Waals surface area contributed by atoms with Gasteiger partial charge in [-0.3, -0.25) is 4.40 Å². The van der Waals surface area contributed by atoms with Crippen molar-refractivity contribution in [1.29, 1.82) is 0 Å². The Labute approximate surface area is 115 Å². The smallest absolute Gasteiger partial charge is 0.196 e. The lowest BCUT2D eigenvalue weighted by Gasteiger charge is -2.08. The van der Waals surface area contributed by atoms with Gasteiger partial charge in [0.2, 0.25) is 0 Å². The van der Waals surface area contributed by atoms with Crippen LogP contribution in [0.5, 0.6) is 0 Å². The third-order valence-corrected chi connectivity index (χ3v) is 3.58. The minimum absolute atomic E-state index is 0.626. The molecule has 19 heavy (non-hydrogen) atoms. The van der Waals surface area contributed by atoms with Gasteiger partial charge in [0, 0.05) is 18.1 Å². The van der Waals surface area contributed by atoms with Crippen molar-refractivity contribution in [2.75, 3.05) is 6.54 Å². The maximum Gasteiger partial charge on any atom is 0.196 e.